The Morgan fingerprint density at radius 2 is 1.27 bits per heavy atom. The molecule has 0 radical (unpaired) electrons. The maximum absolute atomic E-state index is 2.47. The van der Waals surface area contributed by atoms with E-state index in [0.717, 1.165) is 29.6 Å². The first-order valence-corrected chi connectivity index (χ1v) is 6.95. The van der Waals surface area contributed by atoms with Crippen molar-refractivity contribution in [1.82, 2.24) is 0 Å². The van der Waals surface area contributed by atoms with Gasteiger partial charge in [0.2, 0.25) is 0 Å². The zero-order valence-corrected chi connectivity index (χ0v) is 12.0. The Morgan fingerprint density at radius 3 is 1.60 bits per heavy atom. The van der Waals surface area contributed by atoms with Crippen LogP contribution >= 0.6 is 0 Å². The molecule has 0 spiro atoms. The van der Waals surface area contributed by atoms with Gasteiger partial charge >= 0.3 is 0 Å². The molecule has 0 nitrogen and oxygen atoms in total. The highest BCUT2D eigenvalue weighted by molar-refractivity contribution is 4.75. The molecular weight excluding hydrogens is 180 g/mol. The van der Waals surface area contributed by atoms with Crippen LogP contribution in [-0.2, 0) is 0 Å². The molecule has 92 valence electrons. The zero-order chi connectivity index (χ0) is 12.0. The van der Waals surface area contributed by atoms with E-state index in [9.17, 15) is 0 Å². The second kappa shape index (κ2) is 7.30. The molecule has 0 aromatic heterocycles. The lowest BCUT2D eigenvalue weighted by Crippen LogP contribution is -2.26. The Hall–Kier alpha value is 0. The third kappa shape index (κ3) is 4.57. The molecule has 0 bridgehead atoms. The first kappa shape index (κ1) is 15.0. The van der Waals surface area contributed by atoms with Crippen LogP contribution in [0.4, 0.5) is 0 Å². The molecule has 0 amide bonds. The van der Waals surface area contributed by atoms with Gasteiger partial charge in [-0.05, 0) is 29.6 Å². The van der Waals surface area contributed by atoms with E-state index < -0.39 is 0 Å². The van der Waals surface area contributed by atoms with Crippen molar-refractivity contribution in [1.29, 1.82) is 0 Å². The third-order valence-corrected chi connectivity index (χ3v) is 4.64. The average molecular weight is 212 g/mol. The highest BCUT2D eigenvalue weighted by Gasteiger charge is 2.26. The summed E-state index contributed by atoms with van der Waals surface area (Å²) in [5, 5.41) is 0. The van der Waals surface area contributed by atoms with Crippen molar-refractivity contribution in [3.8, 4) is 0 Å². The molecule has 0 aliphatic rings. The van der Waals surface area contributed by atoms with E-state index in [4.69, 9.17) is 0 Å². The predicted molar refractivity (Wildman–Crippen MR) is 71.0 cm³/mol. The van der Waals surface area contributed by atoms with Crippen LogP contribution in [0.5, 0.6) is 0 Å². The molecule has 0 aliphatic heterocycles. The van der Waals surface area contributed by atoms with E-state index in [1.54, 1.807) is 0 Å². The zero-order valence-electron chi connectivity index (χ0n) is 12.0. The van der Waals surface area contributed by atoms with Gasteiger partial charge in [-0.3, -0.25) is 0 Å². The molecule has 0 aromatic rings. The average Bonchev–Trinajstić information content (AvgIpc) is 2.22. The van der Waals surface area contributed by atoms with Crippen LogP contribution in [0.15, 0.2) is 0 Å². The van der Waals surface area contributed by atoms with Crippen LogP contribution in [-0.4, -0.2) is 0 Å². The van der Waals surface area contributed by atoms with Crippen LogP contribution < -0.4 is 0 Å². The summed E-state index contributed by atoms with van der Waals surface area (Å²) in [6.45, 7) is 16.7. The lowest BCUT2D eigenvalue weighted by atomic mass is 9.72. The summed E-state index contributed by atoms with van der Waals surface area (Å²) < 4.78 is 0. The lowest BCUT2D eigenvalue weighted by molar-refractivity contribution is 0.158. The predicted octanol–water partition coefficient (Wildman–Crippen LogP) is 5.38. The van der Waals surface area contributed by atoms with Crippen LogP contribution in [0.3, 0.4) is 0 Å². The number of rotatable bonds is 7. The Balaban J connectivity index is 4.32. The summed E-state index contributed by atoms with van der Waals surface area (Å²) in [5.74, 6) is 4.35. The van der Waals surface area contributed by atoms with Crippen molar-refractivity contribution in [2.24, 2.45) is 29.6 Å². The van der Waals surface area contributed by atoms with Crippen molar-refractivity contribution in [2.75, 3.05) is 0 Å². The van der Waals surface area contributed by atoms with E-state index in [1.165, 1.54) is 19.3 Å². The van der Waals surface area contributed by atoms with Gasteiger partial charge < -0.3 is 0 Å². The first-order valence-electron chi connectivity index (χ1n) is 6.95. The van der Waals surface area contributed by atoms with Crippen LogP contribution in [0.2, 0.25) is 0 Å². The molecule has 0 heterocycles. The van der Waals surface area contributed by atoms with Crippen molar-refractivity contribution in [2.45, 2.75) is 67.7 Å². The summed E-state index contributed by atoms with van der Waals surface area (Å²) in [4.78, 5) is 0. The molecule has 0 saturated carbocycles. The summed E-state index contributed by atoms with van der Waals surface area (Å²) in [6.07, 6.45) is 4.10. The second-order valence-corrected chi connectivity index (χ2v) is 5.78. The van der Waals surface area contributed by atoms with Gasteiger partial charge in [0.05, 0.1) is 0 Å². The van der Waals surface area contributed by atoms with Gasteiger partial charge in [-0.25, -0.2) is 0 Å². The highest BCUT2D eigenvalue weighted by atomic mass is 14.3. The van der Waals surface area contributed by atoms with Crippen LogP contribution in [0.1, 0.15) is 67.7 Å². The van der Waals surface area contributed by atoms with Crippen molar-refractivity contribution in [3.05, 3.63) is 0 Å². The van der Waals surface area contributed by atoms with Gasteiger partial charge in [-0.15, -0.1) is 0 Å². The normalized spacial score (nSPS) is 20.0. The van der Waals surface area contributed by atoms with E-state index in [-0.39, 0.29) is 0 Å². The molecule has 15 heavy (non-hydrogen) atoms. The van der Waals surface area contributed by atoms with Crippen molar-refractivity contribution >= 4 is 0 Å². The highest BCUT2D eigenvalue weighted by Crippen LogP contribution is 2.34. The molecule has 4 unspecified atom stereocenters. The fourth-order valence-corrected chi connectivity index (χ4v) is 2.72. The van der Waals surface area contributed by atoms with Gasteiger partial charge in [-0.1, -0.05) is 67.7 Å². The number of hydrogen-bond acceptors (Lipinski definition) is 0. The Labute approximate surface area is 97.8 Å². The van der Waals surface area contributed by atoms with Gasteiger partial charge in [0.1, 0.15) is 0 Å². The minimum atomic E-state index is 0.821. The SMILES string of the molecule is CCCC(CC)C(C)C(C)C(C)C(C)C. The number of hydrogen-bond donors (Lipinski definition) is 0. The molecule has 0 aliphatic carbocycles. The monoisotopic (exact) mass is 212 g/mol. The Kier molecular flexibility index (Phi) is 7.30. The fraction of sp³-hybridized carbons (Fsp3) is 1.00. The van der Waals surface area contributed by atoms with Crippen LogP contribution in [0, 0.1) is 29.6 Å². The van der Waals surface area contributed by atoms with Crippen molar-refractivity contribution < 1.29 is 0 Å². The molecule has 0 rings (SSSR count). The Morgan fingerprint density at radius 1 is 0.733 bits per heavy atom. The quantitative estimate of drug-likeness (QED) is 0.531. The smallest absolute Gasteiger partial charge is 0.0386 e. The second-order valence-electron chi connectivity index (χ2n) is 5.78. The summed E-state index contributed by atoms with van der Waals surface area (Å²) in [5.41, 5.74) is 0. The first-order chi connectivity index (χ1) is 6.95. The molecule has 4 atom stereocenters. The molecule has 0 aromatic carbocycles. The van der Waals surface area contributed by atoms with Gasteiger partial charge in [0, 0.05) is 0 Å². The summed E-state index contributed by atoms with van der Waals surface area (Å²) >= 11 is 0. The van der Waals surface area contributed by atoms with E-state index in [2.05, 4.69) is 48.5 Å². The molecule has 0 heteroatoms. The largest absolute Gasteiger partial charge is 0.0654 e. The molecular formula is C15H32. The topological polar surface area (TPSA) is 0 Å². The minimum absolute atomic E-state index is 0.821. The maximum atomic E-state index is 2.47. The van der Waals surface area contributed by atoms with Gasteiger partial charge in [0.25, 0.3) is 0 Å². The minimum Gasteiger partial charge on any atom is -0.0654 e. The molecule has 0 N–H and O–H groups in total. The summed E-state index contributed by atoms with van der Waals surface area (Å²) in [6, 6.07) is 0. The van der Waals surface area contributed by atoms with Gasteiger partial charge in [-0.2, -0.15) is 0 Å². The third-order valence-electron chi connectivity index (χ3n) is 4.64. The van der Waals surface area contributed by atoms with Crippen LogP contribution in [0.25, 0.3) is 0 Å². The standard InChI is InChI=1S/C15H32/c1-8-10-15(9-2)14(7)13(6)12(5)11(3)4/h11-15H,8-10H2,1-7H3. The van der Waals surface area contributed by atoms with E-state index in [1.807, 2.05) is 0 Å². The fourth-order valence-electron chi connectivity index (χ4n) is 2.72. The molecule has 0 fully saturated rings. The maximum Gasteiger partial charge on any atom is -0.0386 e. The lowest BCUT2D eigenvalue weighted by Gasteiger charge is -2.34. The molecule has 0 saturated heterocycles. The van der Waals surface area contributed by atoms with E-state index >= 15 is 0 Å². The summed E-state index contributed by atoms with van der Waals surface area (Å²) in [7, 11) is 0. The Bertz CT molecular complexity index is 148. The van der Waals surface area contributed by atoms with Crippen molar-refractivity contribution in [3.63, 3.8) is 0 Å². The van der Waals surface area contributed by atoms with E-state index in [0.29, 0.717) is 0 Å². The van der Waals surface area contributed by atoms with Gasteiger partial charge in [0.15, 0.2) is 0 Å².